The van der Waals surface area contributed by atoms with Crippen molar-refractivity contribution in [3.8, 4) is 0 Å². The van der Waals surface area contributed by atoms with Gasteiger partial charge in [-0.25, -0.2) is 0 Å². The maximum Gasteiger partial charge on any atom is 0.0577 e. The molecular weight excluding hydrogens is 386 g/mol. The van der Waals surface area contributed by atoms with Gasteiger partial charge in [0.1, 0.15) is 0 Å². The van der Waals surface area contributed by atoms with Gasteiger partial charge in [-0.2, -0.15) is 0 Å². The Morgan fingerprint density at radius 3 is 2.35 bits per heavy atom. The molecule has 0 bridgehead atoms. The Kier molecular flexibility index (Phi) is 4.97. The summed E-state index contributed by atoms with van der Waals surface area (Å²) in [5.41, 5.74) is 0.157. The van der Waals surface area contributed by atoms with Gasteiger partial charge in [0.2, 0.25) is 0 Å². The van der Waals surface area contributed by atoms with Gasteiger partial charge in [-0.05, 0) is 97.2 Å². The highest BCUT2D eigenvalue weighted by Gasteiger charge is 2.63. The van der Waals surface area contributed by atoms with Gasteiger partial charge in [0.05, 0.1) is 18.3 Å². The first kappa shape index (κ1) is 21.1. The van der Waals surface area contributed by atoms with Gasteiger partial charge in [-0.3, -0.25) is 4.90 Å². The highest BCUT2D eigenvalue weighted by molar-refractivity contribution is 5.15. The van der Waals surface area contributed by atoms with Gasteiger partial charge in [0.25, 0.3) is 0 Å². The van der Waals surface area contributed by atoms with Gasteiger partial charge in [-0.1, -0.05) is 32.9 Å². The molecular formula is C27H43NO3. The minimum atomic E-state index is -0.280. The van der Waals surface area contributed by atoms with Crippen molar-refractivity contribution in [3.63, 3.8) is 0 Å². The number of aliphatic hydroxyl groups excluding tert-OH is 3. The van der Waals surface area contributed by atoms with E-state index in [2.05, 4.69) is 37.8 Å². The third-order valence-electron chi connectivity index (χ3n) is 11.5. The molecule has 14 unspecified atom stereocenters. The Morgan fingerprint density at radius 2 is 1.55 bits per heavy atom. The molecule has 0 aromatic carbocycles. The zero-order valence-corrected chi connectivity index (χ0v) is 19.6. The average Bonchev–Trinajstić information content (AvgIpc) is 3.08. The number of rotatable bonds is 0. The second kappa shape index (κ2) is 7.29. The second-order valence-corrected chi connectivity index (χ2v) is 12.9. The van der Waals surface area contributed by atoms with Crippen LogP contribution in [0.3, 0.4) is 0 Å². The zero-order chi connectivity index (χ0) is 21.7. The summed E-state index contributed by atoms with van der Waals surface area (Å²) in [6, 6.07) is 0.496. The highest BCUT2D eigenvalue weighted by atomic mass is 16.3. The van der Waals surface area contributed by atoms with Crippen LogP contribution in [0.1, 0.15) is 59.3 Å². The van der Waals surface area contributed by atoms with Crippen LogP contribution in [0.4, 0.5) is 0 Å². The van der Waals surface area contributed by atoms with E-state index in [1.54, 1.807) is 0 Å². The quantitative estimate of drug-likeness (QED) is 0.517. The fourth-order valence-electron chi connectivity index (χ4n) is 10.2. The lowest BCUT2D eigenvalue weighted by Gasteiger charge is -2.57. The topological polar surface area (TPSA) is 63.9 Å². The van der Waals surface area contributed by atoms with Crippen molar-refractivity contribution >= 4 is 0 Å². The Labute approximate surface area is 188 Å². The van der Waals surface area contributed by atoms with Crippen molar-refractivity contribution in [2.75, 3.05) is 13.1 Å². The van der Waals surface area contributed by atoms with Crippen LogP contribution < -0.4 is 0 Å². The van der Waals surface area contributed by atoms with Crippen molar-refractivity contribution in [3.05, 3.63) is 12.2 Å². The molecule has 6 aliphatic rings. The monoisotopic (exact) mass is 429 g/mol. The number of hydrogen-bond donors (Lipinski definition) is 3. The molecule has 4 nitrogen and oxygen atoms in total. The SMILES string of the molecule is CC1C=CC2C(C)C3C(O)CC4C(CC5C4CC(O)C4CC(O)CCC45C)C3CN2C1. The Morgan fingerprint density at radius 1 is 0.806 bits per heavy atom. The molecule has 0 spiro atoms. The van der Waals surface area contributed by atoms with Crippen LogP contribution in [0, 0.1) is 58.7 Å². The molecule has 174 valence electrons. The largest absolute Gasteiger partial charge is 0.393 e. The number of piperidine rings is 1. The Balaban J connectivity index is 1.32. The summed E-state index contributed by atoms with van der Waals surface area (Å²) in [5, 5.41) is 32.9. The molecule has 6 rings (SSSR count). The summed E-state index contributed by atoms with van der Waals surface area (Å²) >= 11 is 0. The summed E-state index contributed by atoms with van der Waals surface area (Å²) in [6.45, 7) is 9.46. The Hall–Kier alpha value is -0.420. The van der Waals surface area contributed by atoms with Crippen LogP contribution in [0.2, 0.25) is 0 Å². The molecule has 4 heteroatoms. The third kappa shape index (κ3) is 3.00. The van der Waals surface area contributed by atoms with Crippen molar-refractivity contribution in [1.82, 2.24) is 4.90 Å². The van der Waals surface area contributed by atoms with Crippen LogP contribution >= 0.6 is 0 Å². The Bertz CT molecular complexity index is 740. The summed E-state index contributed by atoms with van der Waals surface area (Å²) < 4.78 is 0. The average molecular weight is 430 g/mol. The lowest BCUT2D eigenvalue weighted by Crippen LogP contribution is -2.60. The van der Waals surface area contributed by atoms with Crippen LogP contribution in [0.5, 0.6) is 0 Å². The van der Waals surface area contributed by atoms with E-state index in [4.69, 9.17) is 0 Å². The van der Waals surface area contributed by atoms with E-state index in [9.17, 15) is 15.3 Å². The molecule has 14 atom stereocenters. The maximum atomic E-state index is 11.4. The summed E-state index contributed by atoms with van der Waals surface area (Å²) in [5.74, 6) is 4.88. The first-order valence-corrected chi connectivity index (χ1v) is 13.2. The minimum Gasteiger partial charge on any atom is -0.393 e. The van der Waals surface area contributed by atoms with Crippen molar-refractivity contribution in [2.45, 2.75) is 83.6 Å². The van der Waals surface area contributed by atoms with E-state index < -0.39 is 0 Å². The minimum absolute atomic E-state index is 0.157. The molecule has 5 fully saturated rings. The highest BCUT2D eigenvalue weighted by Crippen LogP contribution is 2.66. The molecule has 0 radical (unpaired) electrons. The standard InChI is InChI=1S/C27H43NO3/c1-14-4-5-23-15(2)26-20(13-28(23)12-14)17-9-21-19(18(17)10-25(26)31)11-24(30)22-8-16(29)6-7-27(21,22)3/h4-5,14-26,29-31H,6-13H2,1-3H3. The van der Waals surface area contributed by atoms with E-state index in [0.29, 0.717) is 53.4 Å². The lowest BCUT2D eigenvalue weighted by atomic mass is 9.51. The first-order chi connectivity index (χ1) is 14.8. The molecule has 0 aromatic rings. The van der Waals surface area contributed by atoms with Gasteiger partial charge in [0, 0.05) is 19.1 Å². The normalized spacial score (nSPS) is 61.0. The molecule has 2 aliphatic heterocycles. The molecule has 0 amide bonds. The predicted molar refractivity (Wildman–Crippen MR) is 121 cm³/mol. The van der Waals surface area contributed by atoms with E-state index in [-0.39, 0.29) is 29.6 Å². The van der Waals surface area contributed by atoms with Gasteiger partial charge in [0.15, 0.2) is 0 Å². The molecule has 3 N–H and O–H groups in total. The number of aliphatic hydroxyl groups is 3. The third-order valence-corrected chi connectivity index (χ3v) is 11.5. The van der Waals surface area contributed by atoms with Crippen LogP contribution in [-0.4, -0.2) is 57.7 Å². The number of fused-ring (bicyclic) bond motifs is 8. The van der Waals surface area contributed by atoms with Gasteiger partial charge >= 0.3 is 0 Å². The maximum absolute atomic E-state index is 11.4. The molecule has 4 aliphatic carbocycles. The molecule has 31 heavy (non-hydrogen) atoms. The summed E-state index contributed by atoms with van der Waals surface area (Å²) in [6.07, 6.45) is 9.97. The van der Waals surface area contributed by atoms with E-state index in [1.165, 1.54) is 6.42 Å². The van der Waals surface area contributed by atoms with Crippen molar-refractivity contribution in [2.24, 2.45) is 58.7 Å². The predicted octanol–water partition coefficient (Wildman–Crippen LogP) is 3.31. The molecule has 1 saturated heterocycles. The fourth-order valence-corrected chi connectivity index (χ4v) is 10.2. The summed E-state index contributed by atoms with van der Waals surface area (Å²) in [7, 11) is 0. The second-order valence-electron chi connectivity index (χ2n) is 12.9. The summed E-state index contributed by atoms with van der Waals surface area (Å²) in [4.78, 5) is 2.73. The molecule has 2 heterocycles. The van der Waals surface area contributed by atoms with Gasteiger partial charge in [-0.15, -0.1) is 0 Å². The first-order valence-electron chi connectivity index (χ1n) is 13.2. The van der Waals surface area contributed by atoms with Crippen molar-refractivity contribution < 1.29 is 15.3 Å². The number of nitrogens with zero attached hydrogens (tertiary/aromatic N) is 1. The lowest BCUT2D eigenvalue weighted by molar-refractivity contribution is -0.136. The number of hydrogen-bond acceptors (Lipinski definition) is 4. The van der Waals surface area contributed by atoms with E-state index >= 15 is 0 Å². The molecule has 0 aromatic heterocycles. The smallest absolute Gasteiger partial charge is 0.0577 e. The van der Waals surface area contributed by atoms with Crippen LogP contribution in [-0.2, 0) is 0 Å². The van der Waals surface area contributed by atoms with Gasteiger partial charge < -0.3 is 15.3 Å². The fraction of sp³-hybridized carbons (Fsp3) is 0.926. The van der Waals surface area contributed by atoms with E-state index in [0.717, 1.165) is 45.2 Å². The van der Waals surface area contributed by atoms with Crippen LogP contribution in [0.15, 0.2) is 12.2 Å². The van der Waals surface area contributed by atoms with E-state index in [1.807, 2.05) is 0 Å². The molecule has 4 saturated carbocycles. The van der Waals surface area contributed by atoms with Crippen LogP contribution in [0.25, 0.3) is 0 Å². The van der Waals surface area contributed by atoms with Crippen molar-refractivity contribution in [1.29, 1.82) is 0 Å². The zero-order valence-electron chi connectivity index (χ0n) is 19.6.